The summed E-state index contributed by atoms with van der Waals surface area (Å²) in [4.78, 5) is 13.3. The molecule has 0 aliphatic heterocycles. The van der Waals surface area contributed by atoms with Gasteiger partial charge < -0.3 is 20.1 Å². The average molecular weight is 557 g/mol. The Hall–Kier alpha value is -1.17. The number of hydrogen-bond donors (Lipinski definition) is 3. The zero-order valence-corrected chi connectivity index (χ0v) is 26.6. The highest BCUT2D eigenvalue weighted by Gasteiger charge is 2.71. The van der Waals surface area contributed by atoms with E-state index in [9.17, 15) is 20.1 Å². The van der Waals surface area contributed by atoms with Crippen LogP contribution >= 0.6 is 0 Å². The van der Waals surface area contributed by atoms with Gasteiger partial charge in [-0.05, 0) is 110 Å². The molecule has 0 aromatic carbocycles. The van der Waals surface area contributed by atoms with Gasteiger partial charge in [0.1, 0.15) is 6.10 Å². The molecule has 5 aliphatic carbocycles. The maximum Gasteiger partial charge on any atom is 0.333 e. The van der Waals surface area contributed by atoms with E-state index in [4.69, 9.17) is 4.74 Å². The van der Waals surface area contributed by atoms with Crippen LogP contribution in [0.5, 0.6) is 0 Å². The molecule has 0 spiro atoms. The first kappa shape index (κ1) is 30.3. The number of fused-ring (bicyclic) bond motifs is 7. The van der Waals surface area contributed by atoms with Gasteiger partial charge in [0.05, 0.1) is 24.2 Å². The van der Waals surface area contributed by atoms with Gasteiger partial charge in [-0.15, -0.1) is 0 Å². The third-order valence-corrected chi connectivity index (χ3v) is 14.1. The number of aliphatic hydroxyl groups is 3. The molecular formula is C35H56O5. The lowest BCUT2D eigenvalue weighted by Gasteiger charge is -2.72. The summed E-state index contributed by atoms with van der Waals surface area (Å²) in [7, 11) is 0. The highest BCUT2D eigenvalue weighted by molar-refractivity contribution is 5.87. The van der Waals surface area contributed by atoms with Crippen LogP contribution in [-0.4, -0.2) is 46.2 Å². The molecule has 0 heterocycles. The van der Waals surface area contributed by atoms with Crippen molar-refractivity contribution in [3.8, 4) is 0 Å². The number of carbonyl (C=O) groups excluding carboxylic acids is 1. The maximum absolute atomic E-state index is 13.3. The van der Waals surface area contributed by atoms with E-state index in [1.807, 2.05) is 6.92 Å². The Labute approximate surface area is 242 Å². The molecule has 4 fully saturated rings. The van der Waals surface area contributed by atoms with Crippen molar-refractivity contribution in [1.29, 1.82) is 0 Å². The fraction of sp³-hybridized carbons (Fsp3) is 0.857. The number of aliphatic hydroxyl groups excluding tert-OH is 3. The molecule has 3 N–H and O–H groups in total. The summed E-state index contributed by atoms with van der Waals surface area (Å²) in [5, 5.41) is 33.9. The van der Waals surface area contributed by atoms with Gasteiger partial charge in [0.25, 0.3) is 0 Å². The maximum atomic E-state index is 13.3. The second-order valence-electron chi connectivity index (χ2n) is 16.7. The first-order valence-electron chi connectivity index (χ1n) is 16.0. The van der Waals surface area contributed by atoms with Gasteiger partial charge in [0.15, 0.2) is 0 Å². The fourth-order valence-electron chi connectivity index (χ4n) is 11.4. The zero-order valence-electron chi connectivity index (χ0n) is 26.6. The molecule has 4 saturated carbocycles. The number of ether oxygens (including phenoxy) is 1. The van der Waals surface area contributed by atoms with Crippen molar-refractivity contribution in [3.05, 3.63) is 23.3 Å². The van der Waals surface area contributed by atoms with Gasteiger partial charge >= 0.3 is 5.97 Å². The minimum Gasteiger partial charge on any atom is -0.458 e. The van der Waals surface area contributed by atoms with Crippen LogP contribution in [0.4, 0.5) is 0 Å². The van der Waals surface area contributed by atoms with E-state index in [1.165, 1.54) is 5.57 Å². The molecule has 226 valence electrons. The second kappa shape index (κ2) is 9.41. The van der Waals surface area contributed by atoms with Crippen molar-refractivity contribution in [1.82, 2.24) is 0 Å². The Morgan fingerprint density at radius 2 is 1.65 bits per heavy atom. The van der Waals surface area contributed by atoms with Crippen molar-refractivity contribution in [2.45, 2.75) is 132 Å². The van der Waals surface area contributed by atoms with Crippen molar-refractivity contribution in [3.63, 3.8) is 0 Å². The molecule has 10 atom stereocenters. The molecule has 0 unspecified atom stereocenters. The van der Waals surface area contributed by atoms with Crippen molar-refractivity contribution in [2.75, 3.05) is 6.61 Å². The Balaban J connectivity index is 1.65. The van der Waals surface area contributed by atoms with E-state index in [0.717, 1.165) is 38.5 Å². The first-order chi connectivity index (χ1) is 18.4. The highest BCUT2D eigenvalue weighted by Crippen LogP contribution is 2.76. The summed E-state index contributed by atoms with van der Waals surface area (Å²) in [6, 6.07) is 0. The van der Waals surface area contributed by atoms with Crippen molar-refractivity contribution >= 4 is 5.97 Å². The fourth-order valence-corrected chi connectivity index (χ4v) is 11.4. The van der Waals surface area contributed by atoms with Crippen LogP contribution in [0.15, 0.2) is 23.3 Å². The van der Waals surface area contributed by atoms with E-state index in [1.54, 1.807) is 13.0 Å². The molecule has 5 nitrogen and oxygen atoms in total. The van der Waals surface area contributed by atoms with Crippen LogP contribution in [0, 0.1) is 50.2 Å². The minimum absolute atomic E-state index is 0.0187. The molecule has 0 aromatic rings. The molecule has 0 aromatic heterocycles. The summed E-state index contributed by atoms with van der Waals surface area (Å²) in [6.45, 7) is 19.8. The predicted octanol–water partition coefficient (Wildman–Crippen LogP) is 6.60. The molecule has 0 radical (unpaired) electrons. The van der Waals surface area contributed by atoms with Crippen molar-refractivity contribution in [2.24, 2.45) is 50.2 Å². The zero-order chi connectivity index (χ0) is 29.7. The molecule has 40 heavy (non-hydrogen) atoms. The lowest BCUT2D eigenvalue weighted by molar-refractivity contribution is -0.240. The van der Waals surface area contributed by atoms with Crippen LogP contribution < -0.4 is 0 Å². The lowest BCUT2D eigenvalue weighted by atomic mass is 9.33. The number of rotatable bonds is 3. The summed E-state index contributed by atoms with van der Waals surface area (Å²) < 4.78 is 6.38. The average Bonchev–Trinajstić information content (AvgIpc) is 2.86. The second-order valence-corrected chi connectivity index (χ2v) is 16.7. The Bertz CT molecular complexity index is 1100. The standard InChI is InChI=1S/C35H56O5/c1-10-21(2)29(39)40-28-19-34(9)22(23-17-30(3,4)18-27(38)35(23,28)20-36)11-12-25-32(7)15-14-26(37)31(5,6)24(32)13-16-33(25,34)8/h10-11,23-28,36-38H,12-20H2,1-9H3/b21-10+/t23-,24-,25-,26-,27-,28+,32-,33+,34+,35+/m0/s1. The number of carbonyl (C=O) groups is 1. The predicted molar refractivity (Wildman–Crippen MR) is 158 cm³/mol. The smallest absolute Gasteiger partial charge is 0.333 e. The van der Waals surface area contributed by atoms with Gasteiger partial charge in [-0.2, -0.15) is 0 Å². The third kappa shape index (κ3) is 3.85. The monoisotopic (exact) mass is 556 g/mol. The molecule has 0 amide bonds. The van der Waals surface area contributed by atoms with E-state index in [0.29, 0.717) is 30.3 Å². The van der Waals surface area contributed by atoms with Gasteiger partial charge in [0.2, 0.25) is 0 Å². The summed E-state index contributed by atoms with van der Waals surface area (Å²) in [5.41, 5.74) is 0.726. The van der Waals surface area contributed by atoms with E-state index in [2.05, 4.69) is 54.5 Å². The summed E-state index contributed by atoms with van der Waals surface area (Å²) in [5.74, 6) is 0.521. The quantitative estimate of drug-likeness (QED) is 0.207. The summed E-state index contributed by atoms with van der Waals surface area (Å²) in [6.07, 6.45) is 9.81. The number of esters is 1. The topological polar surface area (TPSA) is 87.0 Å². The van der Waals surface area contributed by atoms with Crippen LogP contribution in [-0.2, 0) is 9.53 Å². The van der Waals surface area contributed by atoms with Crippen LogP contribution in [0.1, 0.15) is 114 Å². The molecule has 5 aliphatic rings. The van der Waals surface area contributed by atoms with Gasteiger partial charge in [0, 0.05) is 5.57 Å². The van der Waals surface area contributed by atoms with Crippen LogP contribution in [0.2, 0.25) is 0 Å². The minimum atomic E-state index is -0.897. The number of hydrogen-bond acceptors (Lipinski definition) is 5. The molecule has 0 bridgehead atoms. The van der Waals surface area contributed by atoms with E-state index >= 15 is 0 Å². The van der Waals surface area contributed by atoms with E-state index in [-0.39, 0.29) is 51.7 Å². The lowest BCUT2D eigenvalue weighted by Crippen LogP contribution is -2.69. The van der Waals surface area contributed by atoms with Crippen LogP contribution in [0.25, 0.3) is 0 Å². The van der Waals surface area contributed by atoms with Gasteiger partial charge in [-0.1, -0.05) is 66.2 Å². The SMILES string of the molecule is C/C=C(\C)C(=O)O[C@@H]1C[C@]2(C)C(=CC[C@H]3[C@@]4(C)CC[C@H](O)C(C)(C)[C@@H]4CC[C@]32C)[C@@H]2CC(C)(C)C[C@H](O)[C@]12CO. The van der Waals surface area contributed by atoms with Crippen LogP contribution in [0.3, 0.4) is 0 Å². The van der Waals surface area contributed by atoms with Gasteiger partial charge in [-0.25, -0.2) is 4.79 Å². The number of allylic oxidation sites excluding steroid dienone is 3. The third-order valence-electron chi connectivity index (χ3n) is 14.1. The molecule has 5 heteroatoms. The molecule has 0 saturated heterocycles. The Morgan fingerprint density at radius 1 is 0.975 bits per heavy atom. The first-order valence-corrected chi connectivity index (χ1v) is 16.0. The van der Waals surface area contributed by atoms with Crippen molar-refractivity contribution < 1.29 is 24.9 Å². The van der Waals surface area contributed by atoms with E-state index < -0.39 is 17.6 Å². The molecule has 5 rings (SSSR count). The Morgan fingerprint density at radius 3 is 2.27 bits per heavy atom. The summed E-state index contributed by atoms with van der Waals surface area (Å²) >= 11 is 0. The molecular weight excluding hydrogens is 500 g/mol. The normalized spacial score (nSPS) is 49.5. The highest BCUT2D eigenvalue weighted by atomic mass is 16.5. The van der Waals surface area contributed by atoms with Gasteiger partial charge in [-0.3, -0.25) is 0 Å². The largest absolute Gasteiger partial charge is 0.458 e. The Kier molecular flexibility index (Phi) is 7.13.